The molecule has 0 atom stereocenters. The van der Waals surface area contributed by atoms with Gasteiger partial charge in [0.2, 0.25) is 0 Å². The molecule has 0 saturated heterocycles. The summed E-state index contributed by atoms with van der Waals surface area (Å²) in [4.78, 5) is 11.8. The summed E-state index contributed by atoms with van der Waals surface area (Å²) >= 11 is 0. The number of ether oxygens (including phenoxy) is 1. The molecule has 4 nitrogen and oxygen atoms in total. The van der Waals surface area contributed by atoms with Gasteiger partial charge in [-0.25, -0.2) is 0 Å². The molecule has 0 spiro atoms. The van der Waals surface area contributed by atoms with Crippen LogP contribution in [0.1, 0.15) is 30.6 Å². The van der Waals surface area contributed by atoms with Crippen LogP contribution in [0.15, 0.2) is 24.3 Å². The lowest BCUT2D eigenvalue weighted by Gasteiger charge is -2.10. The van der Waals surface area contributed by atoms with Gasteiger partial charge in [0, 0.05) is 12.1 Å². The molecule has 19 heavy (non-hydrogen) atoms. The zero-order valence-corrected chi connectivity index (χ0v) is 12.3. The molecule has 108 valence electrons. The van der Waals surface area contributed by atoms with E-state index in [1.807, 2.05) is 12.1 Å². The van der Waals surface area contributed by atoms with E-state index in [-0.39, 0.29) is 18.3 Å². The van der Waals surface area contributed by atoms with E-state index < -0.39 is 0 Å². The van der Waals surface area contributed by atoms with E-state index in [0.717, 1.165) is 12.2 Å². The summed E-state index contributed by atoms with van der Waals surface area (Å²) in [6, 6.07) is 7.23. The molecule has 0 aliphatic carbocycles. The van der Waals surface area contributed by atoms with Gasteiger partial charge in [-0.05, 0) is 37.1 Å². The Hall–Kier alpha value is -1.26. The zero-order chi connectivity index (χ0) is 13.4. The molecule has 0 unspecified atom stereocenters. The van der Waals surface area contributed by atoms with Crippen molar-refractivity contribution in [3.63, 3.8) is 0 Å². The minimum atomic E-state index is -0.0848. The maximum absolute atomic E-state index is 11.8. The van der Waals surface area contributed by atoms with Crippen molar-refractivity contribution in [1.82, 2.24) is 5.32 Å². The molecular weight excluding hydrogens is 264 g/mol. The van der Waals surface area contributed by atoms with Crippen LogP contribution in [-0.2, 0) is 0 Å². The van der Waals surface area contributed by atoms with Crippen molar-refractivity contribution in [2.45, 2.75) is 20.3 Å². The standard InChI is InChI=1S/C14H22N2O2.ClH/c1-11(2)10-18-13-6-3-5-12(9-13)14(17)16-8-4-7-15;/h3,5-6,9,11H,4,7-8,10,15H2,1-2H3,(H,16,17);1H. The Balaban J connectivity index is 0.00000324. The molecule has 0 radical (unpaired) electrons. The Kier molecular flexibility index (Phi) is 9.00. The van der Waals surface area contributed by atoms with Crippen LogP contribution in [0.4, 0.5) is 0 Å². The van der Waals surface area contributed by atoms with Crippen LogP contribution >= 0.6 is 12.4 Å². The first-order valence-corrected chi connectivity index (χ1v) is 6.34. The molecule has 0 aliphatic rings. The average molecular weight is 287 g/mol. The SMILES string of the molecule is CC(C)COc1cccc(C(=O)NCCCN)c1.Cl. The predicted molar refractivity (Wildman–Crippen MR) is 80.0 cm³/mol. The van der Waals surface area contributed by atoms with Gasteiger partial charge in [-0.15, -0.1) is 12.4 Å². The van der Waals surface area contributed by atoms with E-state index in [2.05, 4.69) is 19.2 Å². The van der Waals surface area contributed by atoms with Crippen LogP contribution in [-0.4, -0.2) is 25.6 Å². The fourth-order valence-corrected chi connectivity index (χ4v) is 1.40. The maximum atomic E-state index is 11.8. The van der Waals surface area contributed by atoms with E-state index in [0.29, 0.717) is 31.2 Å². The van der Waals surface area contributed by atoms with Crippen molar-refractivity contribution in [2.75, 3.05) is 19.7 Å². The minimum Gasteiger partial charge on any atom is -0.493 e. The number of nitrogens with two attached hydrogens (primary N) is 1. The van der Waals surface area contributed by atoms with Crippen molar-refractivity contribution in [2.24, 2.45) is 11.7 Å². The van der Waals surface area contributed by atoms with Gasteiger partial charge in [-0.2, -0.15) is 0 Å². The Bertz CT molecular complexity index is 383. The summed E-state index contributed by atoms with van der Waals surface area (Å²) in [6.45, 7) is 6.01. The third-order valence-corrected chi connectivity index (χ3v) is 2.35. The molecule has 5 heteroatoms. The molecule has 0 aliphatic heterocycles. The number of rotatable bonds is 7. The molecule has 0 fully saturated rings. The molecular formula is C14H23ClN2O2. The molecule has 0 bridgehead atoms. The topological polar surface area (TPSA) is 64.3 Å². The van der Waals surface area contributed by atoms with E-state index >= 15 is 0 Å². The Morgan fingerprint density at radius 2 is 2.16 bits per heavy atom. The fraction of sp³-hybridized carbons (Fsp3) is 0.500. The second kappa shape index (κ2) is 9.64. The van der Waals surface area contributed by atoms with Crippen LogP contribution in [0.2, 0.25) is 0 Å². The van der Waals surface area contributed by atoms with Crippen LogP contribution < -0.4 is 15.8 Å². The van der Waals surface area contributed by atoms with Gasteiger partial charge >= 0.3 is 0 Å². The lowest BCUT2D eigenvalue weighted by Crippen LogP contribution is -2.25. The Labute approximate surface area is 121 Å². The summed E-state index contributed by atoms with van der Waals surface area (Å²) in [5.41, 5.74) is 5.99. The highest BCUT2D eigenvalue weighted by atomic mass is 35.5. The molecule has 1 amide bonds. The second-order valence-electron chi connectivity index (χ2n) is 4.63. The molecule has 1 aromatic rings. The molecule has 0 heterocycles. The zero-order valence-electron chi connectivity index (χ0n) is 11.5. The van der Waals surface area contributed by atoms with Crippen LogP contribution in [0, 0.1) is 5.92 Å². The van der Waals surface area contributed by atoms with Crippen molar-refractivity contribution in [3.8, 4) is 5.75 Å². The number of carbonyl (C=O) groups is 1. The third kappa shape index (κ3) is 7.03. The Morgan fingerprint density at radius 3 is 2.79 bits per heavy atom. The van der Waals surface area contributed by atoms with Gasteiger partial charge in [-0.3, -0.25) is 4.79 Å². The van der Waals surface area contributed by atoms with Crippen molar-refractivity contribution in [3.05, 3.63) is 29.8 Å². The number of halogens is 1. The van der Waals surface area contributed by atoms with Gasteiger partial charge in [0.25, 0.3) is 5.91 Å². The lowest BCUT2D eigenvalue weighted by atomic mass is 10.2. The first-order valence-electron chi connectivity index (χ1n) is 6.34. The number of hydrogen-bond donors (Lipinski definition) is 2. The van der Waals surface area contributed by atoms with Crippen LogP contribution in [0.3, 0.4) is 0 Å². The largest absolute Gasteiger partial charge is 0.493 e. The smallest absolute Gasteiger partial charge is 0.251 e. The van der Waals surface area contributed by atoms with Gasteiger partial charge in [-0.1, -0.05) is 19.9 Å². The summed E-state index contributed by atoms with van der Waals surface area (Å²) < 4.78 is 5.58. The molecule has 3 N–H and O–H groups in total. The highest BCUT2D eigenvalue weighted by Crippen LogP contribution is 2.14. The van der Waals surface area contributed by atoms with Crippen LogP contribution in [0.5, 0.6) is 5.75 Å². The molecule has 1 aromatic carbocycles. The Morgan fingerprint density at radius 1 is 1.42 bits per heavy atom. The number of benzene rings is 1. The molecule has 0 aromatic heterocycles. The van der Waals surface area contributed by atoms with E-state index in [4.69, 9.17) is 10.5 Å². The highest BCUT2D eigenvalue weighted by Gasteiger charge is 2.06. The second-order valence-corrected chi connectivity index (χ2v) is 4.63. The van der Waals surface area contributed by atoms with Crippen molar-refractivity contribution in [1.29, 1.82) is 0 Å². The average Bonchev–Trinajstić information content (AvgIpc) is 2.37. The first-order chi connectivity index (χ1) is 8.63. The predicted octanol–water partition coefficient (Wildman–Crippen LogP) is 2.22. The van der Waals surface area contributed by atoms with Gasteiger partial charge in [0.1, 0.15) is 5.75 Å². The monoisotopic (exact) mass is 286 g/mol. The van der Waals surface area contributed by atoms with Crippen molar-refractivity contribution < 1.29 is 9.53 Å². The van der Waals surface area contributed by atoms with E-state index in [1.54, 1.807) is 12.1 Å². The number of carbonyl (C=O) groups excluding carboxylic acids is 1. The lowest BCUT2D eigenvalue weighted by molar-refractivity contribution is 0.0953. The van der Waals surface area contributed by atoms with Crippen molar-refractivity contribution >= 4 is 18.3 Å². The number of hydrogen-bond acceptors (Lipinski definition) is 3. The van der Waals surface area contributed by atoms with E-state index in [9.17, 15) is 4.79 Å². The fourth-order valence-electron chi connectivity index (χ4n) is 1.40. The van der Waals surface area contributed by atoms with Crippen LogP contribution in [0.25, 0.3) is 0 Å². The third-order valence-electron chi connectivity index (χ3n) is 2.35. The summed E-state index contributed by atoms with van der Waals surface area (Å²) in [5.74, 6) is 1.11. The number of nitrogens with one attached hydrogen (secondary N) is 1. The quantitative estimate of drug-likeness (QED) is 0.756. The maximum Gasteiger partial charge on any atom is 0.251 e. The molecule has 1 rings (SSSR count). The first kappa shape index (κ1) is 17.7. The van der Waals surface area contributed by atoms with Gasteiger partial charge in [0.15, 0.2) is 0 Å². The normalized spacial score (nSPS) is 9.89. The molecule has 0 saturated carbocycles. The summed E-state index contributed by atoms with van der Waals surface area (Å²) in [7, 11) is 0. The number of amides is 1. The summed E-state index contributed by atoms with van der Waals surface area (Å²) in [5, 5.41) is 2.82. The highest BCUT2D eigenvalue weighted by molar-refractivity contribution is 5.94. The van der Waals surface area contributed by atoms with Gasteiger partial charge in [0.05, 0.1) is 6.61 Å². The summed E-state index contributed by atoms with van der Waals surface area (Å²) in [6.07, 6.45) is 0.787. The van der Waals surface area contributed by atoms with E-state index in [1.165, 1.54) is 0 Å². The van der Waals surface area contributed by atoms with Gasteiger partial charge < -0.3 is 15.8 Å². The minimum absolute atomic E-state index is 0.